The third-order valence-electron chi connectivity index (χ3n) is 14.3. The summed E-state index contributed by atoms with van der Waals surface area (Å²) in [6, 6.07) is 22.4. The number of thiophene rings is 6. The van der Waals surface area contributed by atoms with E-state index < -0.39 is 29.1 Å². The van der Waals surface area contributed by atoms with E-state index in [-0.39, 0.29) is 93.9 Å². The summed E-state index contributed by atoms with van der Waals surface area (Å²) in [5.74, 6) is 2.60. The summed E-state index contributed by atoms with van der Waals surface area (Å²) in [4.78, 5) is 81.6. The second-order valence-electron chi connectivity index (χ2n) is 20.9. The van der Waals surface area contributed by atoms with Crippen LogP contribution in [-0.2, 0) is 51.9 Å². The minimum Gasteiger partial charge on any atom is -1.00 e. The molecule has 41 heteroatoms. The Balaban J connectivity index is 0.000000613. The Morgan fingerprint density at radius 3 is 1.30 bits per heavy atom. The fraction of sp³-hybridized carbons (Fsp3) is 0.391. The van der Waals surface area contributed by atoms with Gasteiger partial charge in [0.05, 0.1) is 75.6 Å². The van der Waals surface area contributed by atoms with Crippen LogP contribution in [0.1, 0.15) is 116 Å². The van der Waals surface area contributed by atoms with Gasteiger partial charge in [0.15, 0.2) is 11.6 Å². The van der Waals surface area contributed by atoms with Gasteiger partial charge in [0, 0.05) is 14.0 Å². The quantitative estimate of drug-likeness (QED) is 0.00853. The second-order valence-corrected chi connectivity index (χ2v) is 42.8. The maximum absolute atomic E-state index is 11.4. The molecule has 0 unspecified atom stereocenters. The zero-order valence-electron chi connectivity index (χ0n) is 58.2. The minimum absolute atomic E-state index is 0. The van der Waals surface area contributed by atoms with Crippen LogP contribution in [0.25, 0.3) is 43.1 Å². The molecule has 563 valence electrons. The number of hydrogen-bond acceptors (Lipinski definition) is 32. The van der Waals surface area contributed by atoms with Gasteiger partial charge in [-0.3, -0.25) is 19.2 Å². The van der Waals surface area contributed by atoms with Gasteiger partial charge in [0.2, 0.25) is 17.7 Å². The molecule has 14 rings (SSSR count). The Morgan fingerprint density at radius 1 is 0.600 bits per heavy atom. The van der Waals surface area contributed by atoms with Crippen LogP contribution >= 0.6 is 146 Å². The van der Waals surface area contributed by atoms with Crippen LogP contribution in [0.2, 0.25) is 0 Å². The van der Waals surface area contributed by atoms with E-state index in [1.54, 1.807) is 46.3 Å². The summed E-state index contributed by atoms with van der Waals surface area (Å²) in [5.41, 5.74) is 5.47. The molecule has 3 radical (unpaired) electrons. The van der Waals surface area contributed by atoms with E-state index in [1.165, 1.54) is 111 Å². The monoisotopic (exact) mass is 1860 g/mol. The van der Waals surface area contributed by atoms with Gasteiger partial charge < -0.3 is 59.7 Å². The van der Waals surface area contributed by atoms with Crippen molar-refractivity contribution in [1.82, 2.24) is 56.3 Å². The summed E-state index contributed by atoms with van der Waals surface area (Å²) < 4.78 is 33.7. The number of ketones is 2. The molecule has 10 aromatic heterocycles. The van der Waals surface area contributed by atoms with Gasteiger partial charge in [-0.15, -0.1) is 109 Å². The van der Waals surface area contributed by atoms with Gasteiger partial charge >= 0.3 is 64.5 Å². The van der Waals surface area contributed by atoms with Crippen molar-refractivity contribution < 1.29 is 102 Å². The molecule has 4 aliphatic carbocycles. The average molecular weight is 1870 g/mol. The number of rotatable bonds is 19. The number of carbonyl (C=O) groups excluding carboxylic acids is 7. The number of aliphatic hydroxyl groups excluding tert-OH is 1. The number of amides is 1. The van der Waals surface area contributed by atoms with Crippen molar-refractivity contribution in [2.75, 3.05) is 54.1 Å². The van der Waals surface area contributed by atoms with E-state index in [9.17, 15) is 33.6 Å². The van der Waals surface area contributed by atoms with Crippen LogP contribution in [-0.4, -0.2) is 159 Å². The maximum Gasteiger partial charge on any atom is 1.00 e. The Morgan fingerprint density at radius 2 is 0.981 bits per heavy atom. The van der Waals surface area contributed by atoms with Gasteiger partial charge in [-0.05, 0) is 203 Å². The van der Waals surface area contributed by atoms with Crippen molar-refractivity contribution in [3.63, 3.8) is 0 Å². The van der Waals surface area contributed by atoms with Gasteiger partial charge in [0.25, 0.3) is 23.6 Å². The Kier molecular flexibility index (Phi) is 48.7. The van der Waals surface area contributed by atoms with Crippen molar-refractivity contribution in [3.05, 3.63) is 138 Å². The van der Waals surface area contributed by atoms with Gasteiger partial charge in [-0.1, -0.05) is 80.5 Å². The number of ether oxygens (including phenoxy) is 3. The van der Waals surface area contributed by atoms with Crippen molar-refractivity contribution >= 4 is 195 Å². The van der Waals surface area contributed by atoms with Gasteiger partial charge in [0.1, 0.15) is 10.6 Å². The molecular weight excluding hydrogens is 1790 g/mol. The van der Waals surface area contributed by atoms with E-state index in [0.717, 1.165) is 62.2 Å². The number of hydrogen-bond donors (Lipinski definition) is 4. The number of alkyl halides is 1. The molecule has 27 nitrogen and oxygen atoms in total. The maximum atomic E-state index is 11.4. The molecule has 0 aliphatic heterocycles. The van der Waals surface area contributed by atoms with Crippen molar-refractivity contribution in [2.45, 2.75) is 90.7 Å². The minimum atomic E-state index is -1.09. The summed E-state index contributed by atoms with van der Waals surface area (Å²) in [6.07, 6.45) is 8.48. The van der Waals surface area contributed by atoms with E-state index in [0.29, 0.717) is 51.7 Å². The Labute approximate surface area is 695 Å². The number of carbonyl (C=O) groups is 7. The van der Waals surface area contributed by atoms with Crippen molar-refractivity contribution in [1.29, 1.82) is 0 Å². The summed E-state index contributed by atoms with van der Waals surface area (Å²) in [7, 11) is 3.45. The molecule has 10 aromatic rings. The second kappa shape index (κ2) is 53.1. The molecule has 0 aromatic carbocycles. The number of nitrogens with one attached hydrogen (secondary N) is 2. The number of esters is 3. The number of halogens is 5. The van der Waals surface area contributed by atoms with Crippen molar-refractivity contribution in [3.8, 4) is 43.1 Å². The Bertz CT molecular complexity index is 3920. The van der Waals surface area contributed by atoms with Crippen LogP contribution < -0.4 is 45.9 Å². The smallest absolute Gasteiger partial charge is 1.00 e. The zero-order valence-corrected chi connectivity index (χ0v) is 72.0. The predicted octanol–water partition coefficient (Wildman–Crippen LogP) is 12.6. The molecule has 4 saturated carbocycles. The Hall–Kier alpha value is -4.81. The normalized spacial score (nSPS) is 15.0. The fourth-order valence-electron chi connectivity index (χ4n) is 10.1. The van der Waals surface area contributed by atoms with E-state index >= 15 is 0 Å². The third-order valence-corrected chi connectivity index (χ3v) is 20.1. The number of nitrogens with zero attached hydrogens (tertiary/aromatic N) is 9. The molecule has 10 heterocycles. The summed E-state index contributed by atoms with van der Waals surface area (Å²) in [6.45, 7) is 10.5. The first kappa shape index (κ1) is 96.3. The largest absolute Gasteiger partial charge is 1.00 e. The van der Waals surface area contributed by atoms with Crippen LogP contribution in [0.15, 0.2) is 123 Å². The predicted molar refractivity (Wildman–Crippen MR) is 423 cm³/mol. The molecule has 0 saturated heterocycles. The zero-order chi connectivity index (χ0) is 74.4. The van der Waals surface area contributed by atoms with E-state index in [2.05, 4.69) is 165 Å². The number of methoxy groups -OCH3 is 3. The number of aromatic nitrogens is 8. The van der Waals surface area contributed by atoms with Crippen LogP contribution in [0.3, 0.4) is 0 Å². The average Bonchev–Trinajstić information content (AvgIpc) is 1.63. The SMILES string of the molecule is BrCc1nnc(-c2cccs2)o1.BrP(Br)Br.C.CCN(CC)CC.COC(=O)C(=O)Cl.COC(=O)C(=O)NCC(=O)c1cccs1.COC(=O)c1nnc(-c2cccs2)o1.NCC(=O)c1cccs1.OCc1nnc(-c2cccs2)o1.[B].[H-].[Na+].c1csc(-c2nnc(CNC34CC5CC(CC(C5)C3)C4)o2)c1. The van der Waals surface area contributed by atoms with Crippen LogP contribution in [0.5, 0.6) is 0 Å². The molecule has 0 spiro atoms. The molecule has 4 aliphatic rings. The first-order chi connectivity index (χ1) is 49.1. The van der Waals surface area contributed by atoms with Crippen LogP contribution in [0.4, 0.5) is 0 Å². The first-order valence-corrected chi connectivity index (χ1v) is 44.8. The standard InChI is InChI=1S/C17H21N3OS.C9H9NO4S.C8H6N2O3S.C7H5BrN2OS.C7H6N2O2S.C6H7NOS.C6H15N.C3H3ClO3.CH4.B.Br3P.Na.H/c1-2-14(22-3-1)16-20-19-15(21-16)10-18-17-7-11-4-12(8-17)6-13(5-11)9-17;1-14-9(13)8(12)10-5-6(11)7-3-2-4-15-7;1-12-8(11)7-10-9-6(13-7)5-3-2-4-14-5;8-4-6-9-10-7(11-6)5-2-1-3-12-5;10-4-6-8-9-7(11-6)5-2-1-3-12-5;7-4-5(8)6-2-1-3-9-6;1-4-7(5-2)6-3;1-7-3(6)2(4)5;;;1-4(2)3;;/h1-3,11-13,18H,4-10H2;2-4H,5H2,1H3,(H,10,12);2-4H,1H3;1-3H,4H2;1-3,10H,4H2;1-3H,4,7H2;4-6H2,1-3H3;1H3;1H4;;;;/q;;;;;;;;;;;+1;-1. The molecule has 1 amide bonds. The number of nitrogens with two attached hydrogens (primary N) is 1. The topological polar surface area (TPSA) is 376 Å². The summed E-state index contributed by atoms with van der Waals surface area (Å²) >= 11 is 26.3. The number of aliphatic hydroxyl groups is 1. The third kappa shape index (κ3) is 34.3. The van der Waals surface area contributed by atoms with E-state index in [4.69, 9.17) is 28.5 Å². The molecule has 4 bridgehead atoms. The number of Topliss-reactive ketones (excluding diaryl/α,β-unsaturated/α-hetero) is 2. The van der Waals surface area contributed by atoms with E-state index in [1.807, 2.05) is 81.5 Å². The summed E-state index contributed by atoms with van der Waals surface area (Å²) in [5, 5.41) is 56.4. The molecule has 5 N–H and O–H groups in total. The molecule has 0 atom stereocenters. The molecule has 4 fully saturated rings. The van der Waals surface area contributed by atoms with Gasteiger partial charge in [-0.2, -0.15) is 0 Å². The molecule has 105 heavy (non-hydrogen) atoms. The molecular formula is C64H77BBr4ClN12NaO15PS6. The first-order valence-electron chi connectivity index (χ1n) is 30.6. The van der Waals surface area contributed by atoms with Crippen molar-refractivity contribution in [2.24, 2.45) is 23.5 Å². The van der Waals surface area contributed by atoms with Crippen LogP contribution in [0, 0.1) is 17.8 Å². The van der Waals surface area contributed by atoms with Gasteiger partial charge in [-0.25, -0.2) is 14.4 Å². The fourth-order valence-corrected chi connectivity index (χ4v) is 14.3.